The number of benzene rings is 1. The first-order valence-corrected chi connectivity index (χ1v) is 8.24. The first-order valence-electron chi connectivity index (χ1n) is 8.24. The molecule has 22 heavy (non-hydrogen) atoms. The normalized spacial score (nSPS) is 12.4. The SMILES string of the molecule is CCC(CCCCC(=O)O)CCc1cncc2ccccc12. The van der Waals surface area contributed by atoms with Crippen molar-refractivity contribution in [1.29, 1.82) is 0 Å². The van der Waals surface area contributed by atoms with Crippen molar-refractivity contribution < 1.29 is 9.90 Å². The van der Waals surface area contributed by atoms with E-state index in [0.29, 0.717) is 12.3 Å². The number of aromatic nitrogens is 1. The summed E-state index contributed by atoms with van der Waals surface area (Å²) in [6.07, 6.45) is 10.5. The van der Waals surface area contributed by atoms with E-state index in [1.54, 1.807) is 0 Å². The standard InChI is InChI=1S/C19H25NO2/c1-2-15(7-3-6-10-19(21)22)11-12-17-14-20-13-16-8-4-5-9-18(16)17/h4-5,8-9,13-15H,2-3,6-7,10-12H2,1H3,(H,21,22). The summed E-state index contributed by atoms with van der Waals surface area (Å²) in [6.45, 7) is 2.23. The average molecular weight is 299 g/mol. The summed E-state index contributed by atoms with van der Waals surface area (Å²) < 4.78 is 0. The Kier molecular flexibility index (Phi) is 6.38. The van der Waals surface area contributed by atoms with Crippen molar-refractivity contribution in [3.8, 4) is 0 Å². The van der Waals surface area contributed by atoms with Crippen LogP contribution >= 0.6 is 0 Å². The molecule has 0 bridgehead atoms. The maximum Gasteiger partial charge on any atom is 0.303 e. The molecule has 3 nitrogen and oxygen atoms in total. The number of aliphatic carboxylic acids is 1. The molecule has 0 saturated heterocycles. The van der Waals surface area contributed by atoms with Gasteiger partial charge in [0.15, 0.2) is 0 Å². The minimum absolute atomic E-state index is 0.295. The molecule has 3 heteroatoms. The number of rotatable bonds is 9. The van der Waals surface area contributed by atoms with Crippen LogP contribution in [-0.2, 0) is 11.2 Å². The highest BCUT2D eigenvalue weighted by Gasteiger charge is 2.09. The summed E-state index contributed by atoms with van der Waals surface area (Å²) in [5, 5.41) is 11.2. The van der Waals surface area contributed by atoms with Crippen molar-refractivity contribution in [1.82, 2.24) is 4.98 Å². The van der Waals surface area contributed by atoms with E-state index in [0.717, 1.165) is 38.5 Å². The second kappa shape index (κ2) is 8.52. The maximum absolute atomic E-state index is 10.5. The van der Waals surface area contributed by atoms with Gasteiger partial charge in [0.2, 0.25) is 0 Å². The van der Waals surface area contributed by atoms with E-state index >= 15 is 0 Å². The molecule has 0 saturated carbocycles. The molecule has 0 aliphatic heterocycles. The van der Waals surface area contributed by atoms with Crippen LogP contribution in [0.15, 0.2) is 36.7 Å². The molecule has 2 rings (SSSR count). The van der Waals surface area contributed by atoms with E-state index in [1.807, 2.05) is 18.5 Å². The van der Waals surface area contributed by atoms with E-state index in [9.17, 15) is 4.79 Å². The molecule has 1 N–H and O–H groups in total. The zero-order valence-corrected chi connectivity index (χ0v) is 13.3. The van der Waals surface area contributed by atoms with E-state index in [2.05, 4.69) is 30.1 Å². The van der Waals surface area contributed by atoms with Gasteiger partial charge in [-0.05, 0) is 36.1 Å². The van der Waals surface area contributed by atoms with Gasteiger partial charge in [0.25, 0.3) is 0 Å². The monoisotopic (exact) mass is 299 g/mol. The number of nitrogens with zero attached hydrogens (tertiary/aromatic N) is 1. The Labute approximate surface area is 132 Å². The Morgan fingerprint density at radius 2 is 2.00 bits per heavy atom. The van der Waals surface area contributed by atoms with Crippen LogP contribution in [0.3, 0.4) is 0 Å². The zero-order chi connectivity index (χ0) is 15.8. The number of pyridine rings is 1. The molecule has 1 heterocycles. The third-order valence-electron chi connectivity index (χ3n) is 4.40. The van der Waals surface area contributed by atoms with Crippen molar-refractivity contribution in [2.75, 3.05) is 0 Å². The lowest BCUT2D eigenvalue weighted by atomic mass is 9.91. The molecule has 118 valence electrons. The van der Waals surface area contributed by atoms with Crippen molar-refractivity contribution >= 4 is 16.7 Å². The van der Waals surface area contributed by atoms with Crippen LogP contribution in [0, 0.1) is 5.92 Å². The molecule has 2 aromatic rings. The van der Waals surface area contributed by atoms with Crippen LogP contribution in [0.25, 0.3) is 10.8 Å². The van der Waals surface area contributed by atoms with Crippen molar-refractivity contribution in [3.63, 3.8) is 0 Å². The molecule has 1 aromatic carbocycles. The van der Waals surface area contributed by atoms with Gasteiger partial charge in [-0.15, -0.1) is 0 Å². The quantitative estimate of drug-likeness (QED) is 0.674. The van der Waals surface area contributed by atoms with Gasteiger partial charge in [0.05, 0.1) is 0 Å². The second-order valence-electron chi connectivity index (χ2n) is 5.97. The Morgan fingerprint density at radius 1 is 1.18 bits per heavy atom. The number of hydrogen-bond donors (Lipinski definition) is 1. The van der Waals surface area contributed by atoms with Gasteiger partial charge in [-0.2, -0.15) is 0 Å². The van der Waals surface area contributed by atoms with Crippen molar-refractivity contribution in [2.24, 2.45) is 5.92 Å². The smallest absolute Gasteiger partial charge is 0.303 e. The highest BCUT2D eigenvalue weighted by Crippen LogP contribution is 2.23. The van der Waals surface area contributed by atoms with Crippen LogP contribution in [0.1, 0.15) is 51.0 Å². The van der Waals surface area contributed by atoms with Crippen LogP contribution in [0.5, 0.6) is 0 Å². The van der Waals surface area contributed by atoms with Crippen molar-refractivity contribution in [3.05, 3.63) is 42.2 Å². The lowest BCUT2D eigenvalue weighted by molar-refractivity contribution is -0.137. The zero-order valence-electron chi connectivity index (χ0n) is 13.3. The molecule has 1 unspecified atom stereocenters. The molecule has 0 aliphatic rings. The van der Waals surface area contributed by atoms with Gasteiger partial charge < -0.3 is 5.11 Å². The van der Waals surface area contributed by atoms with Gasteiger partial charge in [-0.3, -0.25) is 9.78 Å². The van der Waals surface area contributed by atoms with Crippen molar-refractivity contribution in [2.45, 2.75) is 51.9 Å². The van der Waals surface area contributed by atoms with Crippen LogP contribution in [0.4, 0.5) is 0 Å². The third kappa shape index (κ3) is 4.83. The van der Waals surface area contributed by atoms with Gasteiger partial charge in [0, 0.05) is 24.2 Å². The number of aryl methyl sites for hydroxylation is 1. The lowest BCUT2D eigenvalue weighted by Gasteiger charge is -2.15. The van der Waals surface area contributed by atoms with E-state index in [-0.39, 0.29) is 0 Å². The number of carboxylic acid groups (broad SMARTS) is 1. The summed E-state index contributed by atoms with van der Waals surface area (Å²) in [4.78, 5) is 14.9. The van der Waals surface area contributed by atoms with Gasteiger partial charge in [0.1, 0.15) is 0 Å². The minimum atomic E-state index is -0.685. The molecule has 1 aromatic heterocycles. The van der Waals surface area contributed by atoms with Crippen LogP contribution in [-0.4, -0.2) is 16.1 Å². The summed E-state index contributed by atoms with van der Waals surface area (Å²) in [7, 11) is 0. The average Bonchev–Trinajstić information content (AvgIpc) is 2.54. The number of unbranched alkanes of at least 4 members (excludes halogenated alkanes) is 1. The molecule has 0 amide bonds. The lowest BCUT2D eigenvalue weighted by Crippen LogP contribution is -2.03. The number of carboxylic acids is 1. The summed E-state index contributed by atoms with van der Waals surface area (Å²) >= 11 is 0. The van der Waals surface area contributed by atoms with E-state index < -0.39 is 5.97 Å². The molecule has 0 spiro atoms. The first-order chi connectivity index (χ1) is 10.7. The minimum Gasteiger partial charge on any atom is -0.481 e. The predicted molar refractivity (Wildman–Crippen MR) is 89.9 cm³/mol. The fraction of sp³-hybridized carbons (Fsp3) is 0.474. The fourth-order valence-electron chi connectivity index (χ4n) is 3.00. The first kappa shape index (κ1) is 16.5. The third-order valence-corrected chi connectivity index (χ3v) is 4.40. The molecular weight excluding hydrogens is 274 g/mol. The molecule has 1 atom stereocenters. The van der Waals surface area contributed by atoms with Gasteiger partial charge >= 0.3 is 5.97 Å². The highest BCUT2D eigenvalue weighted by atomic mass is 16.4. The summed E-state index contributed by atoms with van der Waals surface area (Å²) in [5.41, 5.74) is 1.32. The number of fused-ring (bicyclic) bond motifs is 1. The highest BCUT2D eigenvalue weighted by molar-refractivity contribution is 5.84. The summed E-state index contributed by atoms with van der Waals surface area (Å²) in [6, 6.07) is 8.40. The molecule has 0 aliphatic carbocycles. The summed E-state index contributed by atoms with van der Waals surface area (Å²) in [5.74, 6) is -0.0114. The van der Waals surface area contributed by atoms with E-state index in [1.165, 1.54) is 16.3 Å². The molecule has 0 radical (unpaired) electrons. The predicted octanol–water partition coefficient (Wildman–Crippen LogP) is 4.84. The molecule has 0 fully saturated rings. The van der Waals surface area contributed by atoms with Crippen LogP contribution < -0.4 is 0 Å². The topological polar surface area (TPSA) is 50.2 Å². The Morgan fingerprint density at radius 3 is 2.77 bits per heavy atom. The van der Waals surface area contributed by atoms with Gasteiger partial charge in [-0.25, -0.2) is 0 Å². The van der Waals surface area contributed by atoms with Gasteiger partial charge in [-0.1, -0.05) is 50.5 Å². The number of carbonyl (C=O) groups is 1. The van der Waals surface area contributed by atoms with E-state index in [4.69, 9.17) is 5.11 Å². The van der Waals surface area contributed by atoms with Crippen LogP contribution in [0.2, 0.25) is 0 Å². The Balaban J connectivity index is 1.88. The second-order valence-corrected chi connectivity index (χ2v) is 5.97. The Bertz CT molecular complexity index is 604. The number of hydrogen-bond acceptors (Lipinski definition) is 2. The fourth-order valence-corrected chi connectivity index (χ4v) is 3.00. The molecular formula is C19H25NO2. The maximum atomic E-state index is 10.5. The largest absolute Gasteiger partial charge is 0.481 e. The Hall–Kier alpha value is -1.90.